The summed E-state index contributed by atoms with van der Waals surface area (Å²) in [4.78, 5) is 3.28. The van der Waals surface area contributed by atoms with Crippen LogP contribution in [-0.4, -0.2) is 39.7 Å². The van der Waals surface area contributed by atoms with Crippen LogP contribution in [0.5, 0.6) is 0 Å². The second kappa shape index (κ2) is 9.19. The maximum Gasteiger partial charge on any atom is 0.242 e. The molecule has 0 amide bonds. The summed E-state index contributed by atoms with van der Waals surface area (Å²) in [6.07, 6.45) is 4.25. The summed E-state index contributed by atoms with van der Waals surface area (Å²) in [5.74, 6) is 0. The average molecular weight is 317 g/mol. The van der Waals surface area contributed by atoms with Crippen LogP contribution in [-0.2, 0) is 21.3 Å². The number of hydrogen-bond acceptors (Lipinski definition) is 4. The van der Waals surface area contributed by atoms with Crippen molar-refractivity contribution in [3.8, 4) is 0 Å². The van der Waals surface area contributed by atoms with Crippen LogP contribution in [0.1, 0.15) is 38.8 Å². The summed E-state index contributed by atoms with van der Waals surface area (Å²) in [5, 5.41) is 3.24. The monoisotopic (exact) mass is 317 g/mol. The zero-order valence-corrected chi connectivity index (χ0v) is 13.9. The van der Waals surface area contributed by atoms with Crippen molar-refractivity contribution in [2.24, 2.45) is 0 Å². The normalized spacial score (nSPS) is 12.2. The molecule has 6 nitrogen and oxygen atoms in total. The number of hydrogen-bond donors (Lipinski definition) is 3. The van der Waals surface area contributed by atoms with E-state index in [-0.39, 0.29) is 0 Å². The molecule has 122 valence electrons. The molecule has 1 aromatic heterocycles. The van der Waals surface area contributed by atoms with Crippen LogP contribution in [0.4, 0.5) is 0 Å². The van der Waals surface area contributed by atoms with Crippen LogP contribution in [0.25, 0.3) is 0 Å². The fourth-order valence-electron chi connectivity index (χ4n) is 1.83. The lowest BCUT2D eigenvalue weighted by Crippen LogP contribution is -2.24. The molecule has 0 aliphatic carbocycles. The van der Waals surface area contributed by atoms with Crippen LogP contribution in [0, 0.1) is 0 Å². The van der Waals surface area contributed by atoms with Crippen molar-refractivity contribution in [2.75, 3.05) is 20.3 Å². The Morgan fingerprint density at radius 2 is 2.05 bits per heavy atom. The van der Waals surface area contributed by atoms with Gasteiger partial charge in [-0.3, -0.25) is 0 Å². The van der Waals surface area contributed by atoms with Gasteiger partial charge in [-0.15, -0.1) is 0 Å². The second-order valence-electron chi connectivity index (χ2n) is 5.35. The van der Waals surface area contributed by atoms with Gasteiger partial charge in [0.25, 0.3) is 0 Å². The smallest absolute Gasteiger partial charge is 0.242 e. The number of aromatic nitrogens is 1. The molecule has 0 aromatic carbocycles. The summed E-state index contributed by atoms with van der Waals surface area (Å²) in [6.45, 7) is 5.90. The summed E-state index contributed by atoms with van der Waals surface area (Å²) in [7, 11) is -1.74. The third kappa shape index (κ3) is 7.08. The van der Waals surface area contributed by atoms with Crippen LogP contribution >= 0.6 is 0 Å². The SMILES string of the molecule is COCCCCCNS(=O)(=O)c1c[nH]c(CNC(C)C)c1. The standard InChI is InChI=1S/C14H27N3O3S/c1-12(2)15-10-13-9-14(11-16-13)21(18,19)17-7-5-4-6-8-20-3/h9,11-12,15-17H,4-8,10H2,1-3H3. The van der Waals surface area contributed by atoms with Gasteiger partial charge in [0.2, 0.25) is 10.0 Å². The number of ether oxygens (including phenoxy) is 1. The van der Waals surface area contributed by atoms with E-state index in [0.717, 1.165) is 31.6 Å². The Balaban J connectivity index is 2.40. The predicted octanol–water partition coefficient (Wildman–Crippen LogP) is 1.61. The van der Waals surface area contributed by atoms with Crippen LogP contribution < -0.4 is 10.0 Å². The van der Waals surface area contributed by atoms with Crippen molar-refractivity contribution in [1.29, 1.82) is 0 Å². The van der Waals surface area contributed by atoms with E-state index in [4.69, 9.17) is 4.74 Å². The highest BCUT2D eigenvalue weighted by Crippen LogP contribution is 2.11. The quantitative estimate of drug-likeness (QED) is 0.541. The molecular weight excluding hydrogens is 290 g/mol. The molecule has 1 rings (SSSR count). The van der Waals surface area contributed by atoms with Gasteiger partial charge in [-0.2, -0.15) is 0 Å². The Hall–Kier alpha value is -0.890. The van der Waals surface area contributed by atoms with Gasteiger partial charge < -0.3 is 15.0 Å². The number of aromatic amines is 1. The first-order valence-electron chi connectivity index (χ1n) is 7.35. The Bertz CT molecular complexity index is 497. The van der Waals surface area contributed by atoms with Crippen molar-refractivity contribution in [3.05, 3.63) is 18.0 Å². The number of nitrogens with one attached hydrogen (secondary N) is 3. The number of H-pyrrole nitrogens is 1. The van der Waals surface area contributed by atoms with Gasteiger partial charge in [0.15, 0.2) is 0 Å². The molecule has 0 radical (unpaired) electrons. The fraction of sp³-hybridized carbons (Fsp3) is 0.714. The minimum absolute atomic E-state index is 0.292. The molecule has 1 aromatic rings. The van der Waals surface area contributed by atoms with Crippen LogP contribution in [0.3, 0.4) is 0 Å². The number of unbranched alkanes of at least 4 members (excludes halogenated alkanes) is 2. The van der Waals surface area contributed by atoms with E-state index < -0.39 is 10.0 Å². The van der Waals surface area contributed by atoms with Gasteiger partial charge in [0.05, 0.1) is 4.90 Å². The molecule has 21 heavy (non-hydrogen) atoms. The van der Waals surface area contributed by atoms with E-state index in [1.807, 2.05) is 13.8 Å². The van der Waals surface area contributed by atoms with Crippen molar-refractivity contribution < 1.29 is 13.2 Å². The molecule has 3 N–H and O–H groups in total. The van der Waals surface area contributed by atoms with Crippen LogP contribution in [0.15, 0.2) is 17.2 Å². The average Bonchev–Trinajstić information content (AvgIpc) is 2.90. The largest absolute Gasteiger partial charge is 0.385 e. The molecule has 7 heteroatoms. The summed E-state index contributed by atoms with van der Waals surface area (Å²) in [6, 6.07) is 2.03. The third-order valence-electron chi connectivity index (χ3n) is 3.04. The van der Waals surface area contributed by atoms with E-state index in [2.05, 4.69) is 15.0 Å². The third-order valence-corrected chi connectivity index (χ3v) is 4.49. The van der Waals surface area contributed by atoms with Gasteiger partial charge in [-0.05, 0) is 25.3 Å². The highest BCUT2D eigenvalue weighted by atomic mass is 32.2. The van der Waals surface area contributed by atoms with Gasteiger partial charge >= 0.3 is 0 Å². The first-order chi connectivity index (χ1) is 9.95. The molecule has 0 saturated carbocycles. The van der Waals surface area contributed by atoms with E-state index >= 15 is 0 Å². The zero-order chi connectivity index (χ0) is 15.7. The Morgan fingerprint density at radius 1 is 1.29 bits per heavy atom. The molecule has 0 fully saturated rings. The maximum absolute atomic E-state index is 12.1. The Kier molecular flexibility index (Phi) is 7.95. The van der Waals surface area contributed by atoms with E-state index in [1.165, 1.54) is 6.20 Å². The van der Waals surface area contributed by atoms with Gasteiger partial charge in [-0.25, -0.2) is 13.1 Å². The molecule has 1 heterocycles. The lowest BCUT2D eigenvalue weighted by atomic mass is 10.2. The first kappa shape index (κ1) is 18.2. The number of sulfonamides is 1. The second-order valence-corrected chi connectivity index (χ2v) is 7.11. The van der Waals surface area contributed by atoms with Gasteiger partial charge in [0, 0.05) is 44.7 Å². The highest BCUT2D eigenvalue weighted by molar-refractivity contribution is 7.89. The van der Waals surface area contributed by atoms with Crippen LogP contribution in [0.2, 0.25) is 0 Å². The topological polar surface area (TPSA) is 83.2 Å². The van der Waals surface area contributed by atoms with Crippen molar-refractivity contribution in [1.82, 2.24) is 15.0 Å². The molecule has 0 unspecified atom stereocenters. The van der Waals surface area contributed by atoms with Crippen molar-refractivity contribution >= 4 is 10.0 Å². The first-order valence-corrected chi connectivity index (χ1v) is 8.83. The van der Waals surface area contributed by atoms with Crippen molar-refractivity contribution in [2.45, 2.75) is 50.6 Å². The van der Waals surface area contributed by atoms with E-state index in [1.54, 1.807) is 13.2 Å². The Labute approximate surface area is 127 Å². The Morgan fingerprint density at radius 3 is 2.71 bits per heavy atom. The number of methoxy groups -OCH3 is 1. The predicted molar refractivity (Wildman–Crippen MR) is 83.7 cm³/mol. The molecule has 0 aliphatic heterocycles. The van der Waals surface area contributed by atoms with Gasteiger partial charge in [0.1, 0.15) is 0 Å². The van der Waals surface area contributed by atoms with E-state index in [9.17, 15) is 8.42 Å². The van der Waals surface area contributed by atoms with Crippen molar-refractivity contribution in [3.63, 3.8) is 0 Å². The molecule has 0 saturated heterocycles. The minimum atomic E-state index is -3.41. The summed E-state index contributed by atoms with van der Waals surface area (Å²) >= 11 is 0. The number of rotatable bonds is 11. The lowest BCUT2D eigenvalue weighted by Gasteiger charge is -2.06. The minimum Gasteiger partial charge on any atom is -0.385 e. The zero-order valence-electron chi connectivity index (χ0n) is 13.1. The fourth-order valence-corrected chi connectivity index (χ4v) is 2.92. The lowest BCUT2D eigenvalue weighted by molar-refractivity contribution is 0.192. The van der Waals surface area contributed by atoms with E-state index in [0.29, 0.717) is 24.0 Å². The van der Waals surface area contributed by atoms with Gasteiger partial charge in [-0.1, -0.05) is 13.8 Å². The molecule has 0 aliphatic rings. The summed E-state index contributed by atoms with van der Waals surface area (Å²) in [5.41, 5.74) is 0.865. The molecule has 0 bridgehead atoms. The summed E-state index contributed by atoms with van der Waals surface area (Å²) < 4.78 is 31.8. The molecule has 0 spiro atoms. The molecule has 0 atom stereocenters. The highest BCUT2D eigenvalue weighted by Gasteiger charge is 2.15. The maximum atomic E-state index is 12.1. The molecular formula is C14H27N3O3S.